The largest absolute Gasteiger partial charge is 0.341 e. The molecule has 1 aromatic heterocycles. The van der Waals surface area contributed by atoms with Gasteiger partial charge >= 0.3 is 0 Å². The van der Waals surface area contributed by atoms with Crippen LogP contribution in [0.2, 0.25) is 0 Å². The molecule has 0 bridgehead atoms. The predicted octanol–water partition coefficient (Wildman–Crippen LogP) is 2.23. The van der Waals surface area contributed by atoms with Crippen LogP contribution in [0, 0.1) is 5.92 Å². The van der Waals surface area contributed by atoms with Crippen molar-refractivity contribution in [1.82, 2.24) is 19.6 Å². The molecule has 0 unspecified atom stereocenters. The number of piperidine rings is 1. The van der Waals surface area contributed by atoms with Crippen LogP contribution in [0.1, 0.15) is 31.2 Å². The molecule has 6 nitrogen and oxygen atoms in total. The summed E-state index contributed by atoms with van der Waals surface area (Å²) < 4.78 is 1.81. The fourth-order valence-corrected chi connectivity index (χ4v) is 3.69. The molecule has 1 saturated carbocycles. The first-order valence-electron chi connectivity index (χ1n) is 9.25. The molecule has 1 aliphatic carbocycles. The summed E-state index contributed by atoms with van der Waals surface area (Å²) in [5, 5.41) is 4.25. The number of amides is 2. The Bertz CT molecular complexity index is 798. The van der Waals surface area contributed by atoms with Crippen molar-refractivity contribution in [3.05, 3.63) is 48.3 Å². The van der Waals surface area contributed by atoms with Gasteiger partial charge < -0.3 is 9.80 Å². The van der Waals surface area contributed by atoms with Gasteiger partial charge in [-0.3, -0.25) is 9.59 Å². The van der Waals surface area contributed by atoms with E-state index in [1.54, 1.807) is 11.1 Å². The lowest BCUT2D eigenvalue weighted by atomic mass is 9.95. The molecule has 2 fully saturated rings. The first-order chi connectivity index (χ1) is 12.6. The minimum atomic E-state index is -0.0763. The molecule has 26 heavy (non-hydrogen) atoms. The second kappa shape index (κ2) is 6.94. The molecule has 0 N–H and O–H groups in total. The second-order valence-electron chi connectivity index (χ2n) is 7.33. The average Bonchev–Trinajstić information content (AvgIpc) is 3.34. The first-order valence-corrected chi connectivity index (χ1v) is 9.25. The molecular formula is C20H24N4O2. The van der Waals surface area contributed by atoms with Crippen molar-refractivity contribution in [2.75, 3.05) is 13.6 Å². The lowest BCUT2D eigenvalue weighted by Gasteiger charge is -2.34. The third-order valence-corrected chi connectivity index (χ3v) is 5.26. The van der Waals surface area contributed by atoms with E-state index in [0.29, 0.717) is 32.0 Å². The van der Waals surface area contributed by atoms with Gasteiger partial charge in [-0.25, -0.2) is 4.68 Å². The highest BCUT2D eigenvalue weighted by Gasteiger charge is 2.39. The number of nitrogens with zero attached hydrogens (tertiary/aromatic N) is 4. The van der Waals surface area contributed by atoms with E-state index >= 15 is 0 Å². The van der Waals surface area contributed by atoms with Gasteiger partial charge in [0.05, 0.1) is 11.6 Å². The van der Waals surface area contributed by atoms with Gasteiger partial charge in [0.1, 0.15) is 0 Å². The van der Waals surface area contributed by atoms with E-state index in [-0.39, 0.29) is 17.7 Å². The van der Waals surface area contributed by atoms with Crippen molar-refractivity contribution in [2.24, 2.45) is 5.92 Å². The molecule has 1 aliphatic heterocycles. The van der Waals surface area contributed by atoms with Crippen molar-refractivity contribution in [2.45, 2.75) is 38.3 Å². The number of hydrogen-bond acceptors (Lipinski definition) is 3. The number of aromatic nitrogens is 2. The van der Waals surface area contributed by atoms with E-state index in [9.17, 15) is 9.59 Å². The Morgan fingerprint density at radius 1 is 1.27 bits per heavy atom. The summed E-state index contributed by atoms with van der Waals surface area (Å²) in [6, 6.07) is 10.3. The minimum Gasteiger partial charge on any atom is -0.341 e. The number of carbonyl (C=O) groups is 2. The van der Waals surface area contributed by atoms with Crippen LogP contribution in [0.15, 0.2) is 42.7 Å². The van der Waals surface area contributed by atoms with Crippen LogP contribution < -0.4 is 0 Å². The van der Waals surface area contributed by atoms with Crippen LogP contribution in [0.4, 0.5) is 0 Å². The van der Waals surface area contributed by atoms with Crippen LogP contribution in [-0.4, -0.2) is 51.0 Å². The minimum absolute atomic E-state index is 0.0763. The number of likely N-dealkylation sites (tertiary alicyclic amines) is 1. The quantitative estimate of drug-likeness (QED) is 0.829. The van der Waals surface area contributed by atoms with E-state index in [1.807, 2.05) is 47.1 Å². The molecule has 4 rings (SSSR count). The molecule has 1 aromatic carbocycles. The van der Waals surface area contributed by atoms with Crippen LogP contribution >= 0.6 is 0 Å². The zero-order chi connectivity index (χ0) is 18.1. The van der Waals surface area contributed by atoms with Crippen molar-refractivity contribution in [1.29, 1.82) is 0 Å². The average molecular weight is 352 g/mol. The van der Waals surface area contributed by atoms with Crippen molar-refractivity contribution in [3.63, 3.8) is 0 Å². The fraction of sp³-hybridized carbons (Fsp3) is 0.450. The lowest BCUT2D eigenvalue weighted by molar-refractivity contribution is -0.143. The van der Waals surface area contributed by atoms with E-state index in [1.165, 1.54) is 0 Å². The smallest absolute Gasteiger partial charge is 0.227 e. The maximum absolute atomic E-state index is 12.9. The number of hydrogen-bond donors (Lipinski definition) is 0. The summed E-state index contributed by atoms with van der Waals surface area (Å²) in [5.41, 5.74) is 2.05. The highest BCUT2D eigenvalue weighted by molar-refractivity contribution is 5.84. The topological polar surface area (TPSA) is 58.4 Å². The summed E-state index contributed by atoms with van der Waals surface area (Å²) >= 11 is 0. The Kier molecular flexibility index (Phi) is 4.49. The van der Waals surface area contributed by atoms with Crippen LogP contribution in [0.5, 0.6) is 0 Å². The fourth-order valence-electron chi connectivity index (χ4n) is 3.69. The van der Waals surface area contributed by atoms with Crippen LogP contribution in [0.3, 0.4) is 0 Å². The van der Waals surface area contributed by atoms with Gasteiger partial charge in [-0.15, -0.1) is 0 Å². The van der Waals surface area contributed by atoms with Gasteiger partial charge in [-0.2, -0.15) is 5.10 Å². The van der Waals surface area contributed by atoms with Gasteiger partial charge in [0.15, 0.2) is 0 Å². The summed E-state index contributed by atoms with van der Waals surface area (Å²) in [5.74, 6) is 0.270. The number of carbonyl (C=O) groups excluding carboxylic acids is 2. The monoisotopic (exact) mass is 352 g/mol. The van der Waals surface area contributed by atoms with Gasteiger partial charge in [-0.1, -0.05) is 12.1 Å². The van der Waals surface area contributed by atoms with Crippen molar-refractivity contribution >= 4 is 11.8 Å². The molecule has 1 atom stereocenters. The Hall–Kier alpha value is -2.63. The van der Waals surface area contributed by atoms with Crippen molar-refractivity contribution < 1.29 is 9.59 Å². The number of rotatable bonds is 5. The third-order valence-electron chi connectivity index (χ3n) is 5.26. The molecule has 0 radical (unpaired) electrons. The SMILES string of the molecule is CN(Cc1cccc(-n2cccn2)c1)C(=O)[C@@H]1CCC(=O)N(C2CC2)C1. The Labute approximate surface area is 153 Å². The summed E-state index contributed by atoms with van der Waals surface area (Å²) in [6.07, 6.45) is 6.98. The standard InChI is InChI=1S/C20H24N4O2/c1-22(13-15-4-2-5-18(12-15)24-11-3-10-21-24)20(26)16-6-9-19(25)23(14-16)17-7-8-17/h2-5,10-12,16-17H,6-9,13-14H2,1H3/t16-/m1/s1. The zero-order valence-corrected chi connectivity index (χ0v) is 15.0. The molecular weight excluding hydrogens is 328 g/mol. The highest BCUT2D eigenvalue weighted by Crippen LogP contribution is 2.32. The van der Waals surface area contributed by atoms with Gasteiger partial charge in [-0.05, 0) is 43.0 Å². The second-order valence-corrected chi connectivity index (χ2v) is 7.33. The molecule has 2 heterocycles. The van der Waals surface area contributed by atoms with Gasteiger partial charge in [0, 0.05) is 45.0 Å². The van der Waals surface area contributed by atoms with E-state index in [4.69, 9.17) is 0 Å². The van der Waals surface area contributed by atoms with Gasteiger partial charge in [0.2, 0.25) is 11.8 Å². The van der Waals surface area contributed by atoms with Crippen LogP contribution in [-0.2, 0) is 16.1 Å². The van der Waals surface area contributed by atoms with Crippen molar-refractivity contribution in [3.8, 4) is 5.69 Å². The summed E-state index contributed by atoms with van der Waals surface area (Å²) in [6.45, 7) is 1.14. The zero-order valence-electron chi connectivity index (χ0n) is 15.0. The molecule has 0 spiro atoms. The molecule has 6 heteroatoms. The Morgan fingerprint density at radius 2 is 2.12 bits per heavy atom. The van der Waals surface area contributed by atoms with E-state index in [0.717, 1.165) is 24.1 Å². The Balaban J connectivity index is 1.41. The lowest BCUT2D eigenvalue weighted by Crippen LogP contribution is -2.46. The maximum atomic E-state index is 12.9. The molecule has 136 valence electrons. The van der Waals surface area contributed by atoms with Gasteiger partial charge in [0.25, 0.3) is 0 Å². The summed E-state index contributed by atoms with van der Waals surface area (Å²) in [4.78, 5) is 28.6. The highest BCUT2D eigenvalue weighted by atomic mass is 16.2. The third kappa shape index (κ3) is 3.49. The van der Waals surface area contributed by atoms with E-state index < -0.39 is 0 Å². The molecule has 1 saturated heterocycles. The summed E-state index contributed by atoms with van der Waals surface area (Å²) in [7, 11) is 1.85. The van der Waals surface area contributed by atoms with Crippen LogP contribution in [0.25, 0.3) is 5.69 Å². The Morgan fingerprint density at radius 3 is 2.85 bits per heavy atom. The molecule has 2 aromatic rings. The maximum Gasteiger partial charge on any atom is 0.227 e. The normalized spacial score (nSPS) is 20.3. The number of benzene rings is 1. The predicted molar refractivity (Wildman–Crippen MR) is 97.5 cm³/mol. The first kappa shape index (κ1) is 16.8. The molecule has 2 aliphatic rings. The van der Waals surface area contributed by atoms with E-state index in [2.05, 4.69) is 11.2 Å². The molecule has 2 amide bonds.